The van der Waals surface area contributed by atoms with E-state index in [0.29, 0.717) is 0 Å². The van der Waals surface area contributed by atoms with Crippen molar-refractivity contribution < 1.29 is 0 Å². The van der Waals surface area contributed by atoms with Gasteiger partial charge in [0.15, 0.2) is 0 Å². The van der Waals surface area contributed by atoms with Crippen molar-refractivity contribution >= 4 is 21.7 Å². The van der Waals surface area contributed by atoms with E-state index in [1.807, 2.05) is 30.7 Å². The molecular weight excluding hydrogens is 352 g/mol. The number of fused-ring (bicyclic) bond motifs is 2. The standard InChI is InChI=1S/2C13H15N.CH4/c1-13(2,3)11-8-10-6-4-5-7-12(10)14-9-11;1-13(2,3)12-9-14-8-10-6-4-5-7-11(10)12;/h2*4-9H,1-3H3;1H4. The summed E-state index contributed by atoms with van der Waals surface area (Å²) in [6, 6.07) is 18.9. The Morgan fingerprint density at radius 2 is 1.28 bits per heavy atom. The number of pyridine rings is 2. The van der Waals surface area contributed by atoms with Crippen molar-refractivity contribution in [2.24, 2.45) is 0 Å². The molecule has 0 atom stereocenters. The smallest absolute Gasteiger partial charge is 0.0702 e. The SMILES string of the molecule is C.CC(C)(C)c1cnc2ccccc2c1.CC(C)(C)c1cncc2ccccc12. The Balaban J connectivity index is 0.000000200. The van der Waals surface area contributed by atoms with Crippen LogP contribution in [0, 0.1) is 0 Å². The fourth-order valence-corrected chi connectivity index (χ4v) is 3.20. The average molecular weight is 387 g/mol. The van der Waals surface area contributed by atoms with E-state index in [2.05, 4.69) is 94.0 Å². The Hall–Kier alpha value is -2.74. The summed E-state index contributed by atoms with van der Waals surface area (Å²) in [6.07, 6.45) is 5.87. The molecule has 0 N–H and O–H groups in total. The molecule has 0 amide bonds. The Bertz CT molecular complexity index is 1070. The van der Waals surface area contributed by atoms with Gasteiger partial charge >= 0.3 is 0 Å². The molecule has 2 heteroatoms. The first-order valence-corrected chi connectivity index (χ1v) is 9.85. The van der Waals surface area contributed by atoms with Crippen LogP contribution in [-0.2, 0) is 10.8 Å². The highest BCUT2D eigenvalue weighted by atomic mass is 14.7. The molecule has 0 saturated heterocycles. The molecule has 0 bridgehead atoms. The first kappa shape index (κ1) is 22.5. The molecule has 0 saturated carbocycles. The second-order valence-corrected chi connectivity index (χ2v) is 9.32. The van der Waals surface area contributed by atoms with Crippen LogP contribution in [0.15, 0.2) is 73.2 Å². The number of nitrogens with zero attached hydrogens (tertiary/aromatic N) is 2. The highest BCUT2D eigenvalue weighted by Crippen LogP contribution is 2.28. The van der Waals surface area contributed by atoms with Crippen LogP contribution in [0.4, 0.5) is 0 Å². The summed E-state index contributed by atoms with van der Waals surface area (Å²) in [5.41, 5.74) is 4.01. The predicted octanol–water partition coefficient (Wildman–Crippen LogP) is 7.70. The first-order valence-electron chi connectivity index (χ1n) is 9.85. The number of hydrogen-bond acceptors (Lipinski definition) is 2. The number of benzene rings is 2. The zero-order chi connectivity index (χ0) is 20.4. The minimum atomic E-state index is 0. The highest BCUT2D eigenvalue weighted by molar-refractivity contribution is 5.85. The van der Waals surface area contributed by atoms with Gasteiger partial charge in [-0.3, -0.25) is 9.97 Å². The fraction of sp³-hybridized carbons (Fsp3) is 0.333. The molecule has 0 aliphatic carbocycles. The van der Waals surface area contributed by atoms with Crippen LogP contribution < -0.4 is 0 Å². The third-order valence-corrected chi connectivity index (χ3v) is 4.93. The van der Waals surface area contributed by atoms with Crippen LogP contribution in [0.1, 0.15) is 60.1 Å². The van der Waals surface area contributed by atoms with Crippen LogP contribution in [-0.4, -0.2) is 9.97 Å². The maximum atomic E-state index is 4.45. The van der Waals surface area contributed by atoms with Crippen molar-refractivity contribution in [1.82, 2.24) is 9.97 Å². The molecule has 0 spiro atoms. The summed E-state index contributed by atoms with van der Waals surface area (Å²) in [5.74, 6) is 0. The van der Waals surface area contributed by atoms with Gasteiger partial charge in [-0.25, -0.2) is 0 Å². The van der Waals surface area contributed by atoms with Crippen molar-refractivity contribution in [3.05, 3.63) is 84.3 Å². The molecule has 0 fully saturated rings. The molecule has 2 nitrogen and oxygen atoms in total. The van der Waals surface area contributed by atoms with Crippen molar-refractivity contribution in [2.75, 3.05) is 0 Å². The van der Waals surface area contributed by atoms with Gasteiger partial charge in [0.2, 0.25) is 0 Å². The van der Waals surface area contributed by atoms with E-state index in [1.54, 1.807) is 0 Å². The lowest BCUT2D eigenvalue weighted by molar-refractivity contribution is 0.588. The van der Waals surface area contributed by atoms with E-state index < -0.39 is 0 Å². The number of aromatic nitrogens is 2. The summed E-state index contributed by atoms with van der Waals surface area (Å²) in [6.45, 7) is 13.3. The minimum Gasteiger partial charge on any atom is -0.264 e. The van der Waals surface area contributed by atoms with E-state index in [0.717, 1.165) is 5.52 Å². The first-order chi connectivity index (χ1) is 13.2. The van der Waals surface area contributed by atoms with Gasteiger partial charge in [-0.05, 0) is 39.5 Å². The van der Waals surface area contributed by atoms with Crippen LogP contribution in [0.5, 0.6) is 0 Å². The van der Waals surface area contributed by atoms with Crippen LogP contribution >= 0.6 is 0 Å². The Kier molecular flexibility index (Phi) is 6.79. The molecule has 0 aliphatic heterocycles. The largest absolute Gasteiger partial charge is 0.264 e. The second kappa shape index (κ2) is 8.73. The van der Waals surface area contributed by atoms with Crippen LogP contribution in [0.3, 0.4) is 0 Å². The second-order valence-electron chi connectivity index (χ2n) is 9.32. The molecule has 2 heterocycles. The Morgan fingerprint density at radius 1 is 0.655 bits per heavy atom. The lowest BCUT2D eigenvalue weighted by Gasteiger charge is -2.20. The number of rotatable bonds is 0. The maximum Gasteiger partial charge on any atom is 0.0702 e. The lowest BCUT2D eigenvalue weighted by atomic mass is 9.85. The van der Waals surface area contributed by atoms with Gasteiger partial charge in [0, 0.05) is 29.4 Å². The zero-order valence-corrected chi connectivity index (χ0v) is 17.8. The summed E-state index contributed by atoms with van der Waals surface area (Å²) >= 11 is 0. The molecule has 0 radical (unpaired) electrons. The van der Waals surface area contributed by atoms with Crippen molar-refractivity contribution in [2.45, 2.75) is 59.8 Å². The molecule has 2 aromatic carbocycles. The minimum absolute atomic E-state index is 0. The maximum absolute atomic E-state index is 4.45. The van der Waals surface area contributed by atoms with E-state index in [9.17, 15) is 0 Å². The lowest BCUT2D eigenvalue weighted by Crippen LogP contribution is -2.11. The number of para-hydroxylation sites is 1. The van der Waals surface area contributed by atoms with Crippen LogP contribution in [0.2, 0.25) is 0 Å². The van der Waals surface area contributed by atoms with Crippen molar-refractivity contribution in [3.63, 3.8) is 0 Å². The molecule has 29 heavy (non-hydrogen) atoms. The fourth-order valence-electron chi connectivity index (χ4n) is 3.20. The highest BCUT2D eigenvalue weighted by Gasteiger charge is 2.16. The number of hydrogen-bond donors (Lipinski definition) is 0. The Morgan fingerprint density at radius 3 is 1.93 bits per heavy atom. The molecule has 0 unspecified atom stereocenters. The topological polar surface area (TPSA) is 25.8 Å². The van der Waals surface area contributed by atoms with Gasteiger partial charge in [-0.1, -0.05) is 91.4 Å². The molecule has 0 aliphatic rings. The summed E-state index contributed by atoms with van der Waals surface area (Å²) in [5, 5.41) is 3.76. The van der Waals surface area contributed by atoms with Crippen LogP contribution in [0.25, 0.3) is 21.7 Å². The monoisotopic (exact) mass is 386 g/mol. The third-order valence-electron chi connectivity index (χ3n) is 4.93. The van der Waals surface area contributed by atoms with E-state index >= 15 is 0 Å². The normalized spacial score (nSPS) is 11.5. The predicted molar refractivity (Wildman–Crippen MR) is 128 cm³/mol. The van der Waals surface area contributed by atoms with Crippen molar-refractivity contribution in [3.8, 4) is 0 Å². The molecular formula is C27H34N2. The van der Waals surface area contributed by atoms with E-state index in [4.69, 9.17) is 0 Å². The average Bonchev–Trinajstić information content (AvgIpc) is 2.66. The van der Waals surface area contributed by atoms with Gasteiger partial charge in [0.1, 0.15) is 0 Å². The molecule has 4 rings (SSSR count). The van der Waals surface area contributed by atoms with E-state index in [1.165, 1.54) is 27.3 Å². The molecule has 2 aromatic heterocycles. The van der Waals surface area contributed by atoms with Gasteiger partial charge < -0.3 is 0 Å². The van der Waals surface area contributed by atoms with E-state index in [-0.39, 0.29) is 18.3 Å². The summed E-state index contributed by atoms with van der Waals surface area (Å²) in [4.78, 5) is 8.73. The van der Waals surface area contributed by atoms with Gasteiger partial charge in [-0.15, -0.1) is 0 Å². The zero-order valence-electron chi connectivity index (χ0n) is 17.8. The third kappa shape index (κ3) is 5.41. The van der Waals surface area contributed by atoms with Crippen molar-refractivity contribution in [1.29, 1.82) is 0 Å². The van der Waals surface area contributed by atoms with Gasteiger partial charge in [0.25, 0.3) is 0 Å². The molecule has 4 aromatic rings. The summed E-state index contributed by atoms with van der Waals surface area (Å²) in [7, 11) is 0. The van der Waals surface area contributed by atoms with Gasteiger partial charge in [0.05, 0.1) is 5.52 Å². The Labute approximate surface area is 176 Å². The quantitative estimate of drug-likeness (QED) is 0.309. The summed E-state index contributed by atoms with van der Waals surface area (Å²) < 4.78 is 0. The molecule has 152 valence electrons. The van der Waals surface area contributed by atoms with Gasteiger partial charge in [-0.2, -0.15) is 0 Å².